The average Bonchev–Trinajstić information content (AvgIpc) is 3.04. The van der Waals surface area contributed by atoms with E-state index in [-0.39, 0.29) is 18.1 Å². The first kappa shape index (κ1) is 14.0. The summed E-state index contributed by atoms with van der Waals surface area (Å²) in [5.41, 5.74) is 1.89. The number of amides is 1. The lowest BCUT2D eigenvalue weighted by molar-refractivity contribution is -0.115. The second-order valence-electron chi connectivity index (χ2n) is 4.83. The molecule has 3 rings (SSSR count). The van der Waals surface area contributed by atoms with E-state index in [2.05, 4.69) is 15.3 Å². The molecular formula is C17H14FN3O. The molecule has 2 N–H and O–H groups in total. The minimum absolute atomic E-state index is 0.00233. The predicted molar refractivity (Wildman–Crippen MR) is 82.8 cm³/mol. The second kappa shape index (κ2) is 6.22. The van der Waals surface area contributed by atoms with Crippen LogP contribution in [0.5, 0.6) is 0 Å². The highest BCUT2D eigenvalue weighted by molar-refractivity contribution is 5.92. The van der Waals surface area contributed by atoms with E-state index in [0.29, 0.717) is 11.3 Å². The first-order chi connectivity index (χ1) is 10.7. The van der Waals surface area contributed by atoms with Crippen LogP contribution in [0, 0.1) is 5.82 Å². The van der Waals surface area contributed by atoms with Crippen LogP contribution >= 0.6 is 0 Å². The van der Waals surface area contributed by atoms with Crippen molar-refractivity contribution >= 4 is 11.6 Å². The second-order valence-corrected chi connectivity index (χ2v) is 4.83. The van der Waals surface area contributed by atoms with Crippen LogP contribution in [0.1, 0.15) is 5.56 Å². The summed E-state index contributed by atoms with van der Waals surface area (Å²) >= 11 is 0. The molecule has 0 aliphatic heterocycles. The van der Waals surface area contributed by atoms with Crippen molar-refractivity contribution in [3.8, 4) is 11.4 Å². The van der Waals surface area contributed by atoms with Crippen LogP contribution in [0.4, 0.5) is 10.1 Å². The molecule has 0 unspecified atom stereocenters. The number of carbonyl (C=O) groups is 1. The molecule has 0 aliphatic carbocycles. The van der Waals surface area contributed by atoms with E-state index in [9.17, 15) is 9.18 Å². The molecule has 4 nitrogen and oxygen atoms in total. The van der Waals surface area contributed by atoms with Gasteiger partial charge in [0.25, 0.3) is 0 Å². The molecule has 0 atom stereocenters. The molecule has 5 heteroatoms. The zero-order valence-electron chi connectivity index (χ0n) is 11.7. The van der Waals surface area contributed by atoms with Crippen molar-refractivity contribution in [3.05, 3.63) is 72.3 Å². The molecule has 0 fully saturated rings. The van der Waals surface area contributed by atoms with Gasteiger partial charge in [0.2, 0.25) is 5.91 Å². The van der Waals surface area contributed by atoms with Crippen LogP contribution in [-0.2, 0) is 11.2 Å². The van der Waals surface area contributed by atoms with Crippen LogP contribution in [0.25, 0.3) is 11.4 Å². The van der Waals surface area contributed by atoms with Crippen molar-refractivity contribution in [2.24, 2.45) is 0 Å². The smallest absolute Gasteiger partial charge is 0.228 e. The van der Waals surface area contributed by atoms with Crippen LogP contribution in [-0.4, -0.2) is 15.9 Å². The number of nitrogens with zero attached hydrogens (tertiary/aromatic N) is 1. The number of anilines is 1. The number of H-pyrrole nitrogens is 1. The monoisotopic (exact) mass is 295 g/mol. The number of hydrogen-bond donors (Lipinski definition) is 2. The summed E-state index contributed by atoms with van der Waals surface area (Å²) < 4.78 is 13.5. The molecule has 0 saturated heterocycles. The SMILES string of the molecule is O=C(Cc1ccccc1F)Nc1cccc(-c2ncc[nH]2)c1. The molecule has 0 radical (unpaired) electrons. The predicted octanol–water partition coefficient (Wildman–Crippen LogP) is 3.40. The molecule has 1 aromatic heterocycles. The Morgan fingerprint density at radius 3 is 2.82 bits per heavy atom. The zero-order valence-corrected chi connectivity index (χ0v) is 11.7. The lowest BCUT2D eigenvalue weighted by Crippen LogP contribution is -2.15. The Hall–Kier alpha value is -2.95. The quantitative estimate of drug-likeness (QED) is 0.775. The van der Waals surface area contributed by atoms with Gasteiger partial charge in [0, 0.05) is 23.6 Å². The number of aromatic nitrogens is 2. The van der Waals surface area contributed by atoms with E-state index >= 15 is 0 Å². The standard InChI is InChI=1S/C17H14FN3O/c18-15-7-2-1-4-12(15)11-16(22)21-14-6-3-5-13(10-14)17-19-8-9-20-17/h1-10H,11H2,(H,19,20)(H,21,22). The van der Waals surface area contributed by atoms with Gasteiger partial charge in [0.15, 0.2) is 0 Å². The number of hydrogen-bond acceptors (Lipinski definition) is 2. The fraction of sp³-hybridized carbons (Fsp3) is 0.0588. The summed E-state index contributed by atoms with van der Waals surface area (Å²) in [6.45, 7) is 0. The number of aromatic amines is 1. The molecular weight excluding hydrogens is 281 g/mol. The molecule has 0 aliphatic rings. The number of carbonyl (C=O) groups excluding carboxylic acids is 1. The average molecular weight is 295 g/mol. The summed E-state index contributed by atoms with van der Waals surface area (Å²) in [7, 11) is 0. The number of imidazole rings is 1. The summed E-state index contributed by atoms with van der Waals surface area (Å²) in [6.07, 6.45) is 3.40. The molecule has 3 aromatic rings. The summed E-state index contributed by atoms with van der Waals surface area (Å²) in [5.74, 6) is 0.0916. The Morgan fingerprint density at radius 2 is 2.05 bits per heavy atom. The highest BCUT2D eigenvalue weighted by Gasteiger charge is 2.09. The van der Waals surface area contributed by atoms with Gasteiger partial charge in [-0.3, -0.25) is 4.79 Å². The number of nitrogens with one attached hydrogen (secondary N) is 2. The van der Waals surface area contributed by atoms with Gasteiger partial charge in [-0.2, -0.15) is 0 Å². The van der Waals surface area contributed by atoms with E-state index in [1.807, 2.05) is 18.2 Å². The van der Waals surface area contributed by atoms with E-state index in [0.717, 1.165) is 11.4 Å². The molecule has 1 heterocycles. The third kappa shape index (κ3) is 3.20. The Bertz CT molecular complexity index is 784. The Morgan fingerprint density at radius 1 is 1.18 bits per heavy atom. The molecule has 110 valence electrons. The van der Waals surface area contributed by atoms with Crippen LogP contribution in [0.15, 0.2) is 60.9 Å². The van der Waals surface area contributed by atoms with Gasteiger partial charge in [-0.15, -0.1) is 0 Å². The van der Waals surface area contributed by atoms with Gasteiger partial charge < -0.3 is 10.3 Å². The lowest BCUT2D eigenvalue weighted by Gasteiger charge is -2.07. The first-order valence-corrected chi connectivity index (χ1v) is 6.85. The molecule has 0 spiro atoms. The molecule has 0 bridgehead atoms. The van der Waals surface area contributed by atoms with Gasteiger partial charge in [0.1, 0.15) is 11.6 Å². The van der Waals surface area contributed by atoms with Crippen molar-refractivity contribution in [1.29, 1.82) is 0 Å². The van der Waals surface area contributed by atoms with E-state index in [4.69, 9.17) is 0 Å². The third-order valence-electron chi connectivity index (χ3n) is 3.23. The normalized spacial score (nSPS) is 10.4. The van der Waals surface area contributed by atoms with E-state index in [1.54, 1.807) is 36.7 Å². The highest BCUT2D eigenvalue weighted by atomic mass is 19.1. The Kier molecular flexibility index (Phi) is 3.96. The summed E-state index contributed by atoms with van der Waals surface area (Å²) in [6, 6.07) is 13.6. The lowest BCUT2D eigenvalue weighted by atomic mass is 10.1. The number of benzene rings is 2. The van der Waals surface area contributed by atoms with Crippen molar-refractivity contribution in [2.45, 2.75) is 6.42 Å². The number of rotatable bonds is 4. The summed E-state index contributed by atoms with van der Waals surface area (Å²) in [4.78, 5) is 19.2. The molecule has 0 saturated carbocycles. The van der Waals surface area contributed by atoms with Crippen LogP contribution < -0.4 is 5.32 Å². The van der Waals surface area contributed by atoms with Gasteiger partial charge in [-0.25, -0.2) is 9.37 Å². The summed E-state index contributed by atoms with van der Waals surface area (Å²) in [5, 5.41) is 2.77. The fourth-order valence-electron chi connectivity index (χ4n) is 2.19. The zero-order chi connectivity index (χ0) is 15.4. The van der Waals surface area contributed by atoms with Crippen molar-refractivity contribution in [3.63, 3.8) is 0 Å². The fourth-order valence-corrected chi connectivity index (χ4v) is 2.19. The Labute approximate surface area is 127 Å². The maximum absolute atomic E-state index is 13.5. The minimum Gasteiger partial charge on any atom is -0.345 e. The van der Waals surface area contributed by atoms with E-state index < -0.39 is 0 Å². The van der Waals surface area contributed by atoms with Crippen LogP contribution in [0.2, 0.25) is 0 Å². The van der Waals surface area contributed by atoms with Crippen molar-refractivity contribution < 1.29 is 9.18 Å². The number of halogens is 1. The maximum atomic E-state index is 13.5. The Balaban J connectivity index is 1.72. The topological polar surface area (TPSA) is 57.8 Å². The van der Waals surface area contributed by atoms with Gasteiger partial charge in [-0.05, 0) is 23.8 Å². The van der Waals surface area contributed by atoms with Crippen molar-refractivity contribution in [2.75, 3.05) is 5.32 Å². The molecule has 1 amide bonds. The largest absolute Gasteiger partial charge is 0.345 e. The minimum atomic E-state index is -0.373. The van der Waals surface area contributed by atoms with Gasteiger partial charge >= 0.3 is 0 Å². The molecule has 22 heavy (non-hydrogen) atoms. The third-order valence-corrected chi connectivity index (χ3v) is 3.23. The molecule has 2 aromatic carbocycles. The van der Waals surface area contributed by atoms with Gasteiger partial charge in [-0.1, -0.05) is 30.3 Å². The van der Waals surface area contributed by atoms with Gasteiger partial charge in [0.05, 0.1) is 6.42 Å². The first-order valence-electron chi connectivity index (χ1n) is 6.85. The van der Waals surface area contributed by atoms with E-state index in [1.165, 1.54) is 6.07 Å². The van der Waals surface area contributed by atoms with Crippen LogP contribution in [0.3, 0.4) is 0 Å². The highest BCUT2D eigenvalue weighted by Crippen LogP contribution is 2.19. The van der Waals surface area contributed by atoms with Crippen molar-refractivity contribution in [1.82, 2.24) is 9.97 Å². The maximum Gasteiger partial charge on any atom is 0.228 e.